The molecule has 0 spiro atoms. The lowest BCUT2D eigenvalue weighted by atomic mass is 9.75. The highest BCUT2D eigenvalue weighted by Gasteiger charge is 2.59. The van der Waals surface area contributed by atoms with Crippen molar-refractivity contribution in [3.8, 4) is 0 Å². The molecule has 3 atom stereocenters. The zero-order valence-electron chi connectivity index (χ0n) is 8.85. The van der Waals surface area contributed by atoms with Crippen LogP contribution in [0.4, 0.5) is 0 Å². The van der Waals surface area contributed by atoms with Gasteiger partial charge in [0.05, 0.1) is 13.2 Å². The van der Waals surface area contributed by atoms with Gasteiger partial charge in [-0.1, -0.05) is 19.3 Å². The molecule has 0 radical (unpaired) electrons. The standard InChI is InChI=1S/C11H18O4/c12-6-11(4-2-1-3-5-11)7-13-9-8-10(14-8)15-9/h8-10,12H,1-7H2. The third kappa shape index (κ3) is 1.80. The van der Waals surface area contributed by atoms with Crippen LogP contribution in [0.15, 0.2) is 0 Å². The molecular weight excluding hydrogens is 196 g/mol. The van der Waals surface area contributed by atoms with E-state index in [2.05, 4.69) is 0 Å². The summed E-state index contributed by atoms with van der Waals surface area (Å²) in [6.07, 6.45) is 5.89. The lowest BCUT2D eigenvalue weighted by molar-refractivity contribution is -0.219. The van der Waals surface area contributed by atoms with Crippen LogP contribution in [0, 0.1) is 5.41 Å². The molecule has 86 valence electrons. The third-order valence-electron chi connectivity index (χ3n) is 3.82. The van der Waals surface area contributed by atoms with Crippen LogP contribution in [0.2, 0.25) is 0 Å². The molecule has 0 aromatic rings. The van der Waals surface area contributed by atoms with Crippen LogP contribution >= 0.6 is 0 Å². The molecule has 0 amide bonds. The Labute approximate surface area is 89.5 Å². The molecule has 0 bridgehead atoms. The molecule has 2 aliphatic heterocycles. The number of ether oxygens (including phenoxy) is 3. The third-order valence-corrected chi connectivity index (χ3v) is 3.82. The molecule has 2 saturated heterocycles. The quantitative estimate of drug-likeness (QED) is 0.710. The van der Waals surface area contributed by atoms with Gasteiger partial charge >= 0.3 is 0 Å². The molecule has 3 rings (SSSR count). The zero-order valence-corrected chi connectivity index (χ0v) is 8.85. The minimum Gasteiger partial charge on any atom is -0.396 e. The first-order valence-corrected chi connectivity index (χ1v) is 5.86. The maximum absolute atomic E-state index is 9.47. The Morgan fingerprint density at radius 3 is 2.53 bits per heavy atom. The molecule has 4 heteroatoms. The molecule has 3 unspecified atom stereocenters. The smallest absolute Gasteiger partial charge is 0.192 e. The van der Waals surface area contributed by atoms with Gasteiger partial charge in [0.2, 0.25) is 0 Å². The highest BCUT2D eigenvalue weighted by atomic mass is 16.9. The summed E-state index contributed by atoms with van der Waals surface area (Å²) < 4.78 is 16.1. The maximum Gasteiger partial charge on any atom is 0.192 e. The summed E-state index contributed by atoms with van der Waals surface area (Å²) in [6.45, 7) is 0.843. The molecule has 3 aliphatic rings. The number of aliphatic hydroxyl groups excluding tert-OH is 1. The van der Waals surface area contributed by atoms with Crippen LogP contribution in [0.3, 0.4) is 0 Å². The molecule has 2 heterocycles. The van der Waals surface area contributed by atoms with Gasteiger partial charge in [0.1, 0.15) is 0 Å². The summed E-state index contributed by atoms with van der Waals surface area (Å²) in [4.78, 5) is 0. The van der Waals surface area contributed by atoms with Crippen molar-refractivity contribution in [2.75, 3.05) is 13.2 Å². The lowest BCUT2D eigenvalue weighted by Crippen LogP contribution is -2.41. The second kappa shape index (κ2) is 3.70. The number of hydrogen-bond donors (Lipinski definition) is 1. The first-order chi connectivity index (χ1) is 7.33. The van der Waals surface area contributed by atoms with Crippen molar-refractivity contribution in [3.63, 3.8) is 0 Å². The Bertz CT molecular complexity index is 237. The summed E-state index contributed by atoms with van der Waals surface area (Å²) in [5.74, 6) is 0. The SMILES string of the molecule is OCC1(COC2OC3OC23)CCCCC1. The van der Waals surface area contributed by atoms with Crippen molar-refractivity contribution in [2.45, 2.75) is 50.8 Å². The molecule has 4 nitrogen and oxygen atoms in total. The topological polar surface area (TPSA) is 51.2 Å². The number of aliphatic hydroxyl groups is 1. The average Bonchev–Trinajstić information content (AvgIpc) is 2.91. The van der Waals surface area contributed by atoms with Crippen LogP contribution < -0.4 is 0 Å². The van der Waals surface area contributed by atoms with Crippen LogP contribution in [-0.4, -0.2) is 37.0 Å². The number of hydrogen-bond acceptors (Lipinski definition) is 4. The lowest BCUT2D eigenvalue weighted by Gasteiger charge is -2.36. The number of epoxide rings is 1. The van der Waals surface area contributed by atoms with Gasteiger partial charge in [-0.3, -0.25) is 0 Å². The average molecular weight is 214 g/mol. The first kappa shape index (κ1) is 10.0. The fourth-order valence-electron chi connectivity index (χ4n) is 2.57. The highest BCUT2D eigenvalue weighted by molar-refractivity contribution is 4.91. The van der Waals surface area contributed by atoms with Crippen molar-refractivity contribution >= 4 is 0 Å². The van der Waals surface area contributed by atoms with Crippen LogP contribution in [0.25, 0.3) is 0 Å². The van der Waals surface area contributed by atoms with E-state index in [-0.39, 0.29) is 30.7 Å². The fraction of sp³-hybridized carbons (Fsp3) is 1.00. The highest BCUT2D eigenvalue weighted by Crippen LogP contribution is 2.42. The fourth-order valence-corrected chi connectivity index (χ4v) is 2.57. The largest absolute Gasteiger partial charge is 0.396 e. The molecule has 3 fully saturated rings. The van der Waals surface area contributed by atoms with E-state index in [4.69, 9.17) is 14.2 Å². The summed E-state index contributed by atoms with van der Waals surface area (Å²) in [5.41, 5.74) is -0.0123. The summed E-state index contributed by atoms with van der Waals surface area (Å²) in [7, 11) is 0. The van der Waals surface area contributed by atoms with Gasteiger partial charge in [-0.15, -0.1) is 0 Å². The van der Waals surface area contributed by atoms with Crippen molar-refractivity contribution in [1.82, 2.24) is 0 Å². The maximum atomic E-state index is 9.47. The van der Waals surface area contributed by atoms with Gasteiger partial charge in [-0.25, -0.2) is 0 Å². The predicted octanol–water partition coefficient (Wildman–Crippen LogP) is 1.03. The molecule has 1 N–H and O–H groups in total. The van der Waals surface area contributed by atoms with Gasteiger partial charge in [0.25, 0.3) is 0 Å². The Balaban J connectivity index is 1.49. The Morgan fingerprint density at radius 2 is 2.00 bits per heavy atom. The van der Waals surface area contributed by atoms with E-state index in [1.807, 2.05) is 0 Å². The summed E-state index contributed by atoms with van der Waals surface area (Å²) in [6, 6.07) is 0. The van der Waals surface area contributed by atoms with E-state index >= 15 is 0 Å². The first-order valence-electron chi connectivity index (χ1n) is 5.86. The zero-order chi connectivity index (χ0) is 10.3. The minimum atomic E-state index is -0.166. The monoisotopic (exact) mass is 214 g/mol. The molecule has 0 aromatic carbocycles. The van der Waals surface area contributed by atoms with Gasteiger partial charge in [-0.05, 0) is 12.8 Å². The van der Waals surface area contributed by atoms with E-state index in [0.717, 1.165) is 12.8 Å². The molecule has 15 heavy (non-hydrogen) atoms. The van der Waals surface area contributed by atoms with E-state index in [1.165, 1.54) is 19.3 Å². The molecule has 0 aromatic heterocycles. The second-order valence-corrected chi connectivity index (χ2v) is 5.00. The normalized spacial score (nSPS) is 41.8. The van der Waals surface area contributed by atoms with Gasteiger partial charge in [0.15, 0.2) is 18.7 Å². The molecule has 1 aliphatic carbocycles. The van der Waals surface area contributed by atoms with Gasteiger partial charge in [0, 0.05) is 5.41 Å². The van der Waals surface area contributed by atoms with Gasteiger partial charge < -0.3 is 19.3 Å². The van der Waals surface area contributed by atoms with Crippen LogP contribution in [-0.2, 0) is 14.2 Å². The second-order valence-electron chi connectivity index (χ2n) is 5.00. The number of fused-ring (bicyclic) bond motifs is 1. The van der Waals surface area contributed by atoms with E-state index in [1.54, 1.807) is 0 Å². The predicted molar refractivity (Wildman–Crippen MR) is 52.1 cm³/mol. The Hall–Kier alpha value is -0.160. The summed E-state index contributed by atoms with van der Waals surface area (Å²) >= 11 is 0. The Morgan fingerprint density at radius 1 is 1.20 bits per heavy atom. The van der Waals surface area contributed by atoms with Gasteiger partial charge in [-0.2, -0.15) is 0 Å². The van der Waals surface area contributed by atoms with Crippen molar-refractivity contribution in [1.29, 1.82) is 0 Å². The van der Waals surface area contributed by atoms with Crippen molar-refractivity contribution < 1.29 is 19.3 Å². The van der Waals surface area contributed by atoms with Crippen LogP contribution in [0.5, 0.6) is 0 Å². The Kier molecular flexibility index (Phi) is 2.47. The van der Waals surface area contributed by atoms with E-state index in [9.17, 15) is 5.11 Å². The van der Waals surface area contributed by atoms with E-state index in [0.29, 0.717) is 6.61 Å². The molecule has 1 saturated carbocycles. The van der Waals surface area contributed by atoms with Crippen LogP contribution in [0.1, 0.15) is 32.1 Å². The van der Waals surface area contributed by atoms with Crippen molar-refractivity contribution in [3.05, 3.63) is 0 Å². The minimum absolute atomic E-state index is 0.0123. The summed E-state index contributed by atoms with van der Waals surface area (Å²) in [5, 5.41) is 9.47. The van der Waals surface area contributed by atoms with E-state index < -0.39 is 0 Å². The number of rotatable bonds is 4. The van der Waals surface area contributed by atoms with Crippen molar-refractivity contribution in [2.24, 2.45) is 5.41 Å². The molecular formula is C11H18O4.